The lowest BCUT2D eigenvalue weighted by molar-refractivity contribution is 0.113. The van der Waals surface area contributed by atoms with Crippen molar-refractivity contribution in [2.24, 2.45) is 0 Å². The number of fused-ring (bicyclic) bond motifs is 1. The van der Waals surface area contributed by atoms with Gasteiger partial charge in [0.2, 0.25) is 0 Å². The molecule has 1 aliphatic rings. The van der Waals surface area contributed by atoms with Crippen LogP contribution < -0.4 is 4.74 Å². The normalized spacial score (nSPS) is 20.2. The second-order valence-electron chi connectivity index (χ2n) is 5.63. The Hall–Kier alpha value is -1.02. The Bertz CT molecular complexity index is 402. The molecule has 0 unspecified atom stereocenters. The minimum absolute atomic E-state index is 0.0488. The summed E-state index contributed by atoms with van der Waals surface area (Å²) in [6.45, 7) is 9.20. The Kier molecular flexibility index (Phi) is 2.70. The van der Waals surface area contributed by atoms with Crippen molar-refractivity contribution in [1.29, 1.82) is 0 Å². The largest absolute Gasteiger partial charge is 0.493 e. The van der Waals surface area contributed by atoms with E-state index >= 15 is 0 Å². The van der Waals surface area contributed by atoms with Crippen LogP contribution in [0.4, 0.5) is 0 Å². The fourth-order valence-corrected chi connectivity index (χ4v) is 2.20. The third kappa shape index (κ3) is 1.94. The highest BCUT2D eigenvalue weighted by Crippen LogP contribution is 2.41. The van der Waals surface area contributed by atoms with Crippen molar-refractivity contribution in [1.82, 2.24) is 0 Å². The average molecular weight is 220 g/mol. The number of benzene rings is 1. The molecule has 2 nitrogen and oxygen atoms in total. The molecule has 1 N–H and O–H groups in total. The molecule has 2 heteroatoms. The topological polar surface area (TPSA) is 29.5 Å². The summed E-state index contributed by atoms with van der Waals surface area (Å²) >= 11 is 0. The Morgan fingerprint density at radius 3 is 2.62 bits per heavy atom. The van der Waals surface area contributed by atoms with Crippen molar-refractivity contribution in [3.8, 4) is 5.75 Å². The molecule has 0 spiro atoms. The Labute approximate surface area is 97.3 Å². The smallest absolute Gasteiger partial charge is 0.128 e. The van der Waals surface area contributed by atoms with Gasteiger partial charge < -0.3 is 9.84 Å². The van der Waals surface area contributed by atoms with Crippen molar-refractivity contribution in [3.05, 3.63) is 28.8 Å². The maximum atomic E-state index is 10.00. The molecule has 0 saturated carbocycles. The molecule has 0 radical (unpaired) electrons. The van der Waals surface area contributed by atoms with Gasteiger partial charge in [-0.3, -0.25) is 0 Å². The molecule has 88 valence electrons. The van der Waals surface area contributed by atoms with Crippen LogP contribution in [0.5, 0.6) is 5.75 Å². The zero-order chi connectivity index (χ0) is 11.9. The fraction of sp³-hybridized carbons (Fsp3) is 0.571. The van der Waals surface area contributed by atoms with Crippen LogP contribution in [0, 0.1) is 6.92 Å². The van der Waals surface area contributed by atoms with Crippen LogP contribution in [0.2, 0.25) is 0 Å². The summed E-state index contributed by atoms with van der Waals surface area (Å²) in [5.74, 6) is 0.900. The van der Waals surface area contributed by atoms with Crippen molar-refractivity contribution in [2.45, 2.75) is 45.6 Å². The maximum Gasteiger partial charge on any atom is 0.128 e. The Balaban J connectivity index is 2.62. The Morgan fingerprint density at radius 2 is 2.00 bits per heavy atom. The SMILES string of the molecule is Cc1cc2c(c(C(C)(C)C)c1)OCC[C@@H]2O. The molecule has 1 atom stereocenters. The number of ether oxygens (including phenoxy) is 1. The molecular formula is C14H20O2. The standard InChI is InChI=1S/C14H20O2/c1-9-7-10-12(15)5-6-16-13(10)11(8-9)14(2,3)4/h7-8,12,15H,5-6H2,1-4H3/t12-/m0/s1. The summed E-state index contributed by atoms with van der Waals surface area (Å²) in [6, 6.07) is 4.20. The van der Waals surface area contributed by atoms with Gasteiger partial charge in [-0.1, -0.05) is 32.4 Å². The highest BCUT2D eigenvalue weighted by atomic mass is 16.5. The predicted octanol–water partition coefficient (Wildman–Crippen LogP) is 3.11. The Morgan fingerprint density at radius 1 is 1.31 bits per heavy atom. The summed E-state index contributed by atoms with van der Waals surface area (Å²) in [5.41, 5.74) is 3.39. The van der Waals surface area contributed by atoms with E-state index in [1.54, 1.807) is 0 Å². The van der Waals surface area contributed by atoms with E-state index in [9.17, 15) is 5.11 Å². The number of hydrogen-bond donors (Lipinski definition) is 1. The lowest BCUT2D eigenvalue weighted by Gasteiger charge is -2.30. The van der Waals surface area contributed by atoms with Crippen LogP contribution >= 0.6 is 0 Å². The first-order valence-corrected chi connectivity index (χ1v) is 5.85. The van der Waals surface area contributed by atoms with Crippen LogP contribution in [0.25, 0.3) is 0 Å². The second-order valence-corrected chi connectivity index (χ2v) is 5.63. The van der Waals surface area contributed by atoms with E-state index in [0.717, 1.165) is 11.3 Å². The third-order valence-corrected chi connectivity index (χ3v) is 3.07. The summed E-state index contributed by atoms with van der Waals surface area (Å²) in [5, 5.41) is 10.00. The highest BCUT2D eigenvalue weighted by molar-refractivity contribution is 5.49. The number of hydrogen-bond acceptors (Lipinski definition) is 2. The van der Waals surface area contributed by atoms with Gasteiger partial charge in [0.25, 0.3) is 0 Å². The van der Waals surface area contributed by atoms with E-state index in [0.29, 0.717) is 13.0 Å². The molecule has 1 aliphatic heterocycles. The monoisotopic (exact) mass is 220 g/mol. The molecule has 1 aromatic carbocycles. The number of rotatable bonds is 0. The first-order chi connectivity index (χ1) is 7.39. The quantitative estimate of drug-likeness (QED) is 0.728. The highest BCUT2D eigenvalue weighted by Gasteiger charge is 2.27. The van der Waals surface area contributed by atoms with Gasteiger partial charge >= 0.3 is 0 Å². The van der Waals surface area contributed by atoms with Crippen molar-refractivity contribution < 1.29 is 9.84 Å². The number of aliphatic hydroxyl groups excluding tert-OH is 1. The summed E-state index contributed by atoms with van der Waals surface area (Å²) in [4.78, 5) is 0. The van der Waals surface area contributed by atoms with Crippen LogP contribution in [0.1, 0.15) is 50.0 Å². The predicted molar refractivity (Wildman–Crippen MR) is 65.0 cm³/mol. The van der Waals surface area contributed by atoms with Crippen LogP contribution in [-0.4, -0.2) is 11.7 Å². The summed E-state index contributed by atoms with van der Waals surface area (Å²) < 4.78 is 5.75. The molecule has 0 aliphatic carbocycles. The van der Waals surface area contributed by atoms with E-state index < -0.39 is 0 Å². The zero-order valence-corrected chi connectivity index (χ0v) is 10.5. The summed E-state index contributed by atoms with van der Waals surface area (Å²) in [7, 11) is 0. The summed E-state index contributed by atoms with van der Waals surface area (Å²) in [6.07, 6.45) is 0.324. The van der Waals surface area contributed by atoms with Gasteiger partial charge in [-0.15, -0.1) is 0 Å². The lowest BCUT2D eigenvalue weighted by atomic mass is 9.82. The molecule has 0 amide bonds. The minimum atomic E-state index is -0.371. The first kappa shape index (κ1) is 11.5. The molecular weight excluding hydrogens is 200 g/mol. The molecule has 0 aromatic heterocycles. The van der Waals surface area contributed by atoms with E-state index in [1.807, 2.05) is 6.07 Å². The molecule has 1 heterocycles. The van der Waals surface area contributed by atoms with Crippen LogP contribution in [-0.2, 0) is 5.41 Å². The second kappa shape index (κ2) is 3.77. The zero-order valence-electron chi connectivity index (χ0n) is 10.5. The molecule has 16 heavy (non-hydrogen) atoms. The van der Waals surface area contributed by atoms with Gasteiger partial charge in [0, 0.05) is 17.5 Å². The van der Waals surface area contributed by atoms with E-state index in [1.165, 1.54) is 11.1 Å². The van der Waals surface area contributed by atoms with Crippen LogP contribution in [0.3, 0.4) is 0 Å². The maximum absolute atomic E-state index is 10.00. The number of aryl methyl sites for hydroxylation is 1. The van der Waals surface area contributed by atoms with E-state index in [2.05, 4.69) is 33.8 Å². The molecule has 1 aromatic rings. The molecule has 0 saturated heterocycles. The molecule has 2 rings (SSSR count). The van der Waals surface area contributed by atoms with Gasteiger partial charge in [-0.2, -0.15) is 0 Å². The van der Waals surface area contributed by atoms with Crippen molar-refractivity contribution in [3.63, 3.8) is 0 Å². The first-order valence-electron chi connectivity index (χ1n) is 5.85. The fourth-order valence-electron chi connectivity index (χ4n) is 2.20. The van der Waals surface area contributed by atoms with E-state index in [-0.39, 0.29) is 11.5 Å². The van der Waals surface area contributed by atoms with Gasteiger partial charge in [0.1, 0.15) is 5.75 Å². The number of aliphatic hydroxyl groups is 1. The van der Waals surface area contributed by atoms with Gasteiger partial charge in [-0.25, -0.2) is 0 Å². The lowest BCUT2D eigenvalue weighted by Crippen LogP contribution is -2.20. The van der Waals surface area contributed by atoms with Gasteiger partial charge in [-0.05, 0) is 18.4 Å². The molecule has 0 bridgehead atoms. The minimum Gasteiger partial charge on any atom is -0.493 e. The third-order valence-electron chi connectivity index (χ3n) is 3.07. The van der Waals surface area contributed by atoms with Gasteiger partial charge in [0.15, 0.2) is 0 Å². The van der Waals surface area contributed by atoms with E-state index in [4.69, 9.17) is 4.74 Å². The van der Waals surface area contributed by atoms with Crippen molar-refractivity contribution in [2.75, 3.05) is 6.61 Å². The van der Waals surface area contributed by atoms with Gasteiger partial charge in [0.05, 0.1) is 12.7 Å². The van der Waals surface area contributed by atoms with Crippen molar-refractivity contribution >= 4 is 0 Å². The molecule has 0 fully saturated rings. The average Bonchev–Trinajstić information content (AvgIpc) is 2.17. The van der Waals surface area contributed by atoms with Crippen LogP contribution in [0.15, 0.2) is 12.1 Å².